The number of morpholine rings is 1. The average Bonchev–Trinajstić information content (AvgIpc) is 2.49. The standard InChI is InChI=1S/C15H23NO4/c1-18-12-10-14(17)13(15(11-12)19-2)4-3-5-16-6-8-20-9-7-16/h10-11,17H,3-9H2,1-2H3. The molecule has 0 aromatic heterocycles. The summed E-state index contributed by atoms with van der Waals surface area (Å²) in [5.74, 6) is 1.53. The van der Waals surface area contributed by atoms with Gasteiger partial charge >= 0.3 is 0 Å². The summed E-state index contributed by atoms with van der Waals surface area (Å²) in [6.45, 7) is 4.63. The van der Waals surface area contributed by atoms with Crippen molar-refractivity contribution in [2.45, 2.75) is 12.8 Å². The Morgan fingerprint density at radius 1 is 1.20 bits per heavy atom. The van der Waals surface area contributed by atoms with Gasteiger partial charge in [-0.15, -0.1) is 0 Å². The third-order valence-electron chi connectivity index (χ3n) is 3.62. The highest BCUT2D eigenvalue weighted by Gasteiger charge is 2.14. The maximum atomic E-state index is 10.1. The molecule has 1 aromatic rings. The Bertz CT molecular complexity index is 430. The zero-order valence-corrected chi connectivity index (χ0v) is 12.2. The van der Waals surface area contributed by atoms with Crippen molar-refractivity contribution in [3.05, 3.63) is 17.7 Å². The number of rotatable bonds is 6. The van der Waals surface area contributed by atoms with Gasteiger partial charge in [0.15, 0.2) is 0 Å². The molecule has 0 atom stereocenters. The minimum absolute atomic E-state index is 0.239. The van der Waals surface area contributed by atoms with E-state index in [4.69, 9.17) is 14.2 Å². The zero-order chi connectivity index (χ0) is 14.4. The van der Waals surface area contributed by atoms with E-state index in [2.05, 4.69) is 4.90 Å². The minimum Gasteiger partial charge on any atom is -0.507 e. The van der Waals surface area contributed by atoms with Gasteiger partial charge in [-0.3, -0.25) is 4.90 Å². The molecule has 0 radical (unpaired) electrons. The van der Waals surface area contributed by atoms with Crippen molar-refractivity contribution in [1.82, 2.24) is 4.90 Å². The van der Waals surface area contributed by atoms with Gasteiger partial charge in [-0.2, -0.15) is 0 Å². The Labute approximate surface area is 120 Å². The molecule has 0 amide bonds. The number of aromatic hydroxyl groups is 1. The second-order valence-electron chi connectivity index (χ2n) is 4.88. The van der Waals surface area contributed by atoms with Crippen LogP contribution in [-0.2, 0) is 11.2 Å². The summed E-state index contributed by atoms with van der Waals surface area (Å²) in [5.41, 5.74) is 0.849. The number of methoxy groups -OCH3 is 2. The summed E-state index contributed by atoms with van der Waals surface area (Å²) in [6, 6.07) is 3.44. The predicted molar refractivity (Wildman–Crippen MR) is 76.8 cm³/mol. The van der Waals surface area contributed by atoms with Crippen LogP contribution in [0.25, 0.3) is 0 Å². The summed E-state index contributed by atoms with van der Waals surface area (Å²) in [7, 11) is 3.19. The molecule has 20 heavy (non-hydrogen) atoms. The Morgan fingerprint density at radius 3 is 2.60 bits per heavy atom. The molecule has 2 rings (SSSR count). The number of hydrogen-bond acceptors (Lipinski definition) is 5. The molecule has 5 heteroatoms. The first-order valence-corrected chi connectivity index (χ1v) is 6.98. The summed E-state index contributed by atoms with van der Waals surface area (Å²) >= 11 is 0. The van der Waals surface area contributed by atoms with Gasteiger partial charge in [0.25, 0.3) is 0 Å². The molecule has 0 spiro atoms. The molecule has 0 bridgehead atoms. The van der Waals surface area contributed by atoms with Crippen LogP contribution in [0, 0.1) is 0 Å². The molecule has 1 aromatic carbocycles. The second-order valence-corrected chi connectivity index (χ2v) is 4.88. The van der Waals surface area contributed by atoms with E-state index in [0.29, 0.717) is 11.5 Å². The summed E-state index contributed by atoms with van der Waals surface area (Å²) in [4.78, 5) is 2.39. The van der Waals surface area contributed by atoms with Gasteiger partial charge in [-0.25, -0.2) is 0 Å². The van der Waals surface area contributed by atoms with E-state index in [0.717, 1.165) is 51.3 Å². The van der Waals surface area contributed by atoms with E-state index in [-0.39, 0.29) is 5.75 Å². The number of nitrogens with zero attached hydrogens (tertiary/aromatic N) is 1. The molecule has 1 aliphatic heterocycles. The van der Waals surface area contributed by atoms with Crippen LogP contribution in [0.2, 0.25) is 0 Å². The maximum Gasteiger partial charge on any atom is 0.129 e. The monoisotopic (exact) mass is 281 g/mol. The van der Waals surface area contributed by atoms with Crippen LogP contribution in [0.3, 0.4) is 0 Å². The number of ether oxygens (including phenoxy) is 3. The quantitative estimate of drug-likeness (QED) is 0.859. The molecule has 1 saturated heterocycles. The Morgan fingerprint density at radius 2 is 1.95 bits per heavy atom. The number of hydrogen-bond donors (Lipinski definition) is 1. The Kier molecular flexibility index (Phi) is 5.49. The van der Waals surface area contributed by atoms with Crippen LogP contribution in [0.5, 0.6) is 17.2 Å². The lowest BCUT2D eigenvalue weighted by Gasteiger charge is -2.26. The second kappa shape index (κ2) is 7.36. The van der Waals surface area contributed by atoms with E-state index in [9.17, 15) is 5.11 Å². The van der Waals surface area contributed by atoms with Crippen LogP contribution in [-0.4, -0.2) is 57.1 Å². The first kappa shape index (κ1) is 14.9. The maximum absolute atomic E-state index is 10.1. The van der Waals surface area contributed by atoms with Crippen LogP contribution in [0.15, 0.2) is 12.1 Å². The largest absolute Gasteiger partial charge is 0.507 e. The molecular weight excluding hydrogens is 258 g/mol. The summed E-state index contributed by atoms with van der Waals surface area (Å²) in [6.07, 6.45) is 1.77. The molecule has 0 unspecified atom stereocenters. The van der Waals surface area contributed by atoms with Crippen LogP contribution < -0.4 is 9.47 Å². The highest BCUT2D eigenvalue weighted by molar-refractivity contribution is 5.50. The summed E-state index contributed by atoms with van der Waals surface area (Å²) in [5, 5.41) is 10.1. The smallest absolute Gasteiger partial charge is 0.129 e. The van der Waals surface area contributed by atoms with Gasteiger partial charge in [0, 0.05) is 30.8 Å². The van der Waals surface area contributed by atoms with Gasteiger partial charge in [0.1, 0.15) is 17.2 Å². The average molecular weight is 281 g/mol. The van der Waals surface area contributed by atoms with Crippen LogP contribution >= 0.6 is 0 Å². The van der Waals surface area contributed by atoms with E-state index in [1.54, 1.807) is 20.3 Å². The van der Waals surface area contributed by atoms with Gasteiger partial charge < -0.3 is 19.3 Å². The third-order valence-corrected chi connectivity index (χ3v) is 3.62. The molecule has 1 N–H and O–H groups in total. The topological polar surface area (TPSA) is 51.2 Å². The molecular formula is C15H23NO4. The fourth-order valence-corrected chi connectivity index (χ4v) is 2.46. The normalized spacial score (nSPS) is 16.1. The number of phenolic OH excluding ortho intramolecular Hbond substituents is 1. The molecule has 1 heterocycles. The van der Waals surface area contributed by atoms with Crippen molar-refractivity contribution in [2.24, 2.45) is 0 Å². The van der Waals surface area contributed by atoms with Crippen molar-refractivity contribution in [3.63, 3.8) is 0 Å². The van der Waals surface area contributed by atoms with Gasteiger partial charge in [0.2, 0.25) is 0 Å². The van der Waals surface area contributed by atoms with Gasteiger partial charge in [-0.1, -0.05) is 0 Å². The molecule has 5 nitrogen and oxygen atoms in total. The predicted octanol–water partition coefficient (Wildman–Crippen LogP) is 1.67. The number of phenols is 1. The molecule has 112 valence electrons. The van der Waals surface area contributed by atoms with E-state index < -0.39 is 0 Å². The van der Waals surface area contributed by atoms with Crippen molar-refractivity contribution in [1.29, 1.82) is 0 Å². The molecule has 1 aliphatic rings. The lowest BCUT2D eigenvalue weighted by Crippen LogP contribution is -2.36. The van der Waals surface area contributed by atoms with Gasteiger partial charge in [0.05, 0.1) is 27.4 Å². The van der Waals surface area contributed by atoms with E-state index in [1.165, 1.54) is 0 Å². The lowest BCUT2D eigenvalue weighted by atomic mass is 10.1. The Hall–Kier alpha value is -1.46. The SMILES string of the molecule is COc1cc(O)c(CCCN2CCOCC2)c(OC)c1. The van der Waals surface area contributed by atoms with Crippen LogP contribution in [0.1, 0.15) is 12.0 Å². The van der Waals surface area contributed by atoms with E-state index >= 15 is 0 Å². The highest BCUT2D eigenvalue weighted by atomic mass is 16.5. The number of benzene rings is 1. The van der Waals surface area contributed by atoms with Crippen molar-refractivity contribution >= 4 is 0 Å². The first-order valence-electron chi connectivity index (χ1n) is 6.98. The summed E-state index contributed by atoms with van der Waals surface area (Å²) < 4.78 is 15.8. The highest BCUT2D eigenvalue weighted by Crippen LogP contribution is 2.34. The molecule has 0 aliphatic carbocycles. The zero-order valence-electron chi connectivity index (χ0n) is 12.2. The Balaban J connectivity index is 1.94. The fraction of sp³-hybridized carbons (Fsp3) is 0.600. The minimum atomic E-state index is 0.239. The van der Waals surface area contributed by atoms with Crippen LogP contribution in [0.4, 0.5) is 0 Å². The molecule has 0 saturated carbocycles. The van der Waals surface area contributed by atoms with E-state index in [1.807, 2.05) is 6.07 Å². The molecule has 1 fully saturated rings. The van der Waals surface area contributed by atoms with Gasteiger partial charge in [-0.05, 0) is 19.4 Å². The fourth-order valence-electron chi connectivity index (χ4n) is 2.46. The third kappa shape index (κ3) is 3.77. The van der Waals surface area contributed by atoms with Crippen molar-refractivity contribution in [3.8, 4) is 17.2 Å². The first-order chi connectivity index (χ1) is 9.74. The van der Waals surface area contributed by atoms with Crippen molar-refractivity contribution < 1.29 is 19.3 Å². The van der Waals surface area contributed by atoms with Crippen molar-refractivity contribution in [2.75, 3.05) is 47.1 Å². The lowest BCUT2D eigenvalue weighted by molar-refractivity contribution is 0.0374.